The Balaban J connectivity index is 0.00000182. The summed E-state index contributed by atoms with van der Waals surface area (Å²) in [5.74, 6) is 1.94. The zero-order chi connectivity index (χ0) is 16.5. The van der Waals surface area contributed by atoms with Gasteiger partial charge in [0, 0.05) is 19.6 Å². The number of hydrogen-bond donors (Lipinski definition) is 1. The first-order valence-electron chi connectivity index (χ1n) is 7.99. The second kappa shape index (κ2) is 7.35. The van der Waals surface area contributed by atoms with E-state index in [-0.39, 0.29) is 18.4 Å². The largest absolute Gasteiger partial charge is 0.463 e. The fourth-order valence-corrected chi connectivity index (χ4v) is 2.92. The minimum atomic E-state index is 0. The van der Waals surface area contributed by atoms with Gasteiger partial charge in [-0.05, 0) is 38.2 Å². The maximum Gasteiger partial charge on any atom is 0.259 e. The zero-order valence-electron chi connectivity index (χ0n) is 14.1. The third-order valence-corrected chi connectivity index (χ3v) is 4.34. The molecule has 1 aliphatic rings. The van der Waals surface area contributed by atoms with Crippen LogP contribution in [0.4, 0.5) is 0 Å². The molecule has 25 heavy (non-hydrogen) atoms. The van der Waals surface area contributed by atoms with Gasteiger partial charge in [0.15, 0.2) is 11.6 Å². The van der Waals surface area contributed by atoms with Crippen LogP contribution in [-0.2, 0) is 0 Å². The highest BCUT2D eigenvalue weighted by atomic mass is 35.5. The molecule has 0 radical (unpaired) electrons. The van der Waals surface area contributed by atoms with E-state index in [1.54, 1.807) is 6.26 Å². The number of nitrogens with one attached hydrogen (secondary N) is 1. The fourth-order valence-electron chi connectivity index (χ4n) is 2.92. The molecule has 1 fully saturated rings. The Bertz CT molecular complexity index is 833. The Morgan fingerprint density at radius 1 is 1.24 bits per heavy atom. The maximum atomic E-state index is 5.48. The Morgan fingerprint density at radius 3 is 2.84 bits per heavy atom. The van der Waals surface area contributed by atoms with E-state index < -0.39 is 0 Å². The van der Waals surface area contributed by atoms with Crippen molar-refractivity contribution in [3.05, 3.63) is 42.0 Å². The van der Waals surface area contributed by atoms with E-state index in [2.05, 4.69) is 32.4 Å². The molecule has 1 aliphatic heterocycles. The fraction of sp³-hybridized carbons (Fsp3) is 0.353. The van der Waals surface area contributed by atoms with E-state index in [0.29, 0.717) is 11.7 Å². The number of aryl methyl sites for hydroxylation is 1. The number of furan rings is 1. The summed E-state index contributed by atoms with van der Waals surface area (Å²) in [7, 11) is 2.08. The third-order valence-electron chi connectivity index (χ3n) is 4.34. The summed E-state index contributed by atoms with van der Waals surface area (Å²) in [4.78, 5) is 11.4. The predicted molar refractivity (Wildman–Crippen MR) is 95.5 cm³/mol. The van der Waals surface area contributed by atoms with Crippen LogP contribution in [0.2, 0.25) is 0 Å². The molecule has 3 aromatic heterocycles. The molecule has 1 N–H and O–H groups in total. The second-order valence-electron chi connectivity index (χ2n) is 5.97. The molecular formula is C17H20ClN5O2. The molecule has 0 aromatic carbocycles. The molecule has 1 saturated heterocycles. The van der Waals surface area contributed by atoms with Gasteiger partial charge >= 0.3 is 0 Å². The van der Waals surface area contributed by atoms with Crippen molar-refractivity contribution in [2.75, 3.05) is 26.7 Å². The van der Waals surface area contributed by atoms with Crippen molar-refractivity contribution in [3.63, 3.8) is 0 Å². The lowest BCUT2D eigenvalue weighted by Gasteiger charge is -2.30. The average Bonchev–Trinajstić information content (AvgIpc) is 3.27. The van der Waals surface area contributed by atoms with Crippen molar-refractivity contribution >= 4 is 12.4 Å². The van der Waals surface area contributed by atoms with E-state index >= 15 is 0 Å². The van der Waals surface area contributed by atoms with Crippen LogP contribution < -0.4 is 5.32 Å². The van der Waals surface area contributed by atoms with Gasteiger partial charge in [-0.2, -0.15) is 4.98 Å². The number of aromatic nitrogens is 3. The van der Waals surface area contributed by atoms with Crippen molar-refractivity contribution in [2.24, 2.45) is 0 Å². The van der Waals surface area contributed by atoms with Gasteiger partial charge in [-0.1, -0.05) is 5.16 Å². The van der Waals surface area contributed by atoms with Gasteiger partial charge in [-0.3, -0.25) is 4.90 Å². The number of halogens is 1. The Labute approximate surface area is 151 Å². The topological polar surface area (TPSA) is 80.2 Å². The molecule has 0 aliphatic carbocycles. The highest BCUT2D eigenvalue weighted by molar-refractivity contribution is 5.85. The number of rotatable bonds is 3. The Morgan fingerprint density at radius 2 is 2.12 bits per heavy atom. The van der Waals surface area contributed by atoms with Gasteiger partial charge in [0.05, 0.1) is 23.6 Å². The van der Waals surface area contributed by atoms with E-state index in [1.165, 1.54) is 0 Å². The minimum Gasteiger partial charge on any atom is -0.463 e. The summed E-state index contributed by atoms with van der Waals surface area (Å²) in [6, 6.07) is 7.71. The Kier molecular flexibility index (Phi) is 5.17. The van der Waals surface area contributed by atoms with E-state index in [4.69, 9.17) is 8.94 Å². The predicted octanol–water partition coefficient (Wildman–Crippen LogP) is 2.70. The third kappa shape index (κ3) is 3.44. The summed E-state index contributed by atoms with van der Waals surface area (Å²) in [6.07, 6.45) is 1.64. The van der Waals surface area contributed by atoms with Gasteiger partial charge < -0.3 is 14.3 Å². The summed E-state index contributed by atoms with van der Waals surface area (Å²) < 4.78 is 10.9. The van der Waals surface area contributed by atoms with Crippen LogP contribution in [-0.4, -0.2) is 46.7 Å². The molecule has 0 spiro atoms. The molecule has 1 unspecified atom stereocenters. The first-order chi connectivity index (χ1) is 11.7. The number of nitrogens with zero attached hydrogens (tertiary/aromatic N) is 4. The quantitative estimate of drug-likeness (QED) is 0.768. The number of pyridine rings is 1. The van der Waals surface area contributed by atoms with Crippen LogP contribution in [0.1, 0.15) is 17.6 Å². The highest BCUT2D eigenvalue weighted by Crippen LogP contribution is 2.27. The zero-order valence-corrected chi connectivity index (χ0v) is 14.9. The van der Waals surface area contributed by atoms with E-state index in [0.717, 1.165) is 42.3 Å². The molecule has 8 heteroatoms. The van der Waals surface area contributed by atoms with Crippen molar-refractivity contribution in [1.82, 2.24) is 25.3 Å². The van der Waals surface area contributed by atoms with Crippen molar-refractivity contribution in [3.8, 4) is 22.9 Å². The first kappa shape index (κ1) is 17.6. The smallest absolute Gasteiger partial charge is 0.259 e. The van der Waals surface area contributed by atoms with Crippen molar-refractivity contribution in [1.29, 1.82) is 0 Å². The normalized spacial score (nSPS) is 18.1. The molecule has 1 atom stereocenters. The average molecular weight is 362 g/mol. The van der Waals surface area contributed by atoms with Crippen LogP contribution >= 0.6 is 12.4 Å². The summed E-state index contributed by atoms with van der Waals surface area (Å²) >= 11 is 0. The molecule has 132 valence electrons. The molecule has 0 saturated carbocycles. The highest BCUT2D eigenvalue weighted by Gasteiger charge is 2.26. The lowest BCUT2D eigenvalue weighted by Crippen LogP contribution is -2.44. The van der Waals surface area contributed by atoms with Crippen LogP contribution in [0.15, 0.2) is 39.5 Å². The lowest BCUT2D eigenvalue weighted by molar-refractivity contribution is 0.190. The van der Waals surface area contributed by atoms with Crippen LogP contribution in [0.25, 0.3) is 22.9 Å². The van der Waals surface area contributed by atoms with Gasteiger partial charge in [0.25, 0.3) is 5.89 Å². The monoisotopic (exact) mass is 361 g/mol. The van der Waals surface area contributed by atoms with Crippen molar-refractivity contribution < 1.29 is 8.94 Å². The molecule has 0 bridgehead atoms. The summed E-state index contributed by atoms with van der Waals surface area (Å²) in [6.45, 7) is 4.70. The number of hydrogen-bond acceptors (Lipinski definition) is 7. The summed E-state index contributed by atoms with van der Waals surface area (Å²) in [5, 5.41) is 7.53. The SMILES string of the molecule is Cc1nc(-c2ccco2)ccc1-c1nc(C2CNCCN2C)no1.Cl. The van der Waals surface area contributed by atoms with Gasteiger partial charge in [-0.15, -0.1) is 12.4 Å². The molecule has 4 heterocycles. The Hall–Kier alpha value is -2.22. The molecular weight excluding hydrogens is 342 g/mol. The van der Waals surface area contributed by atoms with Gasteiger partial charge in [0.2, 0.25) is 0 Å². The van der Waals surface area contributed by atoms with E-state index in [9.17, 15) is 0 Å². The minimum absolute atomic E-state index is 0. The summed E-state index contributed by atoms with van der Waals surface area (Å²) in [5.41, 5.74) is 2.46. The van der Waals surface area contributed by atoms with Crippen LogP contribution in [0, 0.1) is 6.92 Å². The molecule has 4 rings (SSSR count). The number of likely N-dealkylation sites (N-methyl/N-ethyl adjacent to an activating group) is 1. The first-order valence-corrected chi connectivity index (χ1v) is 7.99. The maximum absolute atomic E-state index is 5.48. The van der Waals surface area contributed by atoms with Crippen LogP contribution in [0.5, 0.6) is 0 Å². The van der Waals surface area contributed by atoms with Gasteiger partial charge in [0.1, 0.15) is 5.69 Å². The van der Waals surface area contributed by atoms with Crippen LogP contribution in [0.3, 0.4) is 0 Å². The molecule has 3 aromatic rings. The lowest BCUT2D eigenvalue weighted by atomic mass is 10.1. The number of piperazine rings is 1. The van der Waals surface area contributed by atoms with E-state index in [1.807, 2.05) is 31.2 Å². The second-order valence-corrected chi connectivity index (χ2v) is 5.97. The molecule has 0 amide bonds. The molecule has 7 nitrogen and oxygen atoms in total. The van der Waals surface area contributed by atoms with Crippen molar-refractivity contribution in [2.45, 2.75) is 13.0 Å². The standard InChI is InChI=1S/C17H19N5O2.ClH/c1-11-12(5-6-13(19-11)15-4-3-9-23-15)17-20-16(21-24-17)14-10-18-7-8-22(14)2;/h3-6,9,14,18H,7-8,10H2,1-2H3;1H. The van der Waals surface area contributed by atoms with Gasteiger partial charge in [-0.25, -0.2) is 4.98 Å².